The maximum absolute atomic E-state index is 2.53. The first-order chi connectivity index (χ1) is 27.1. The molecule has 0 radical (unpaired) electrons. The fraction of sp³-hybridized carbons (Fsp3) is 0.296. The van der Waals surface area contributed by atoms with Crippen molar-refractivity contribution in [1.82, 2.24) is 0 Å². The van der Waals surface area contributed by atoms with Crippen LogP contribution in [0.5, 0.6) is 0 Å². The zero-order chi connectivity index (χ0) is 37.9. The summed E-state index contributed by atoms with van der Waals surface area (Å²) in [5.41, 5.74) is 14.7. The van der Waals surface area contributed by atoms with Crippen LogP contribution in [-0.2, 0) is 21.7 Å². The minimum atomic E-state index is 0.263. The minimum absolute atomic E-state index is 0.263. The van der Waals surface area contributed by atoms with Crippen LogP contribution in [-0.4, -0.2) is 0 Å². The lowest BCUT2D eigenvalue weighted by molar-refractivity contribution is 0.188. The Morgan fingerprint density at radius 2 is 0.625 bits per heavy atom. The molecule has 7 aromatic carbocycles. The predicted molar refractivity (Wildman–Crippen MR) is 237 cm³/mol. The molecule has 2 nitrogen and oxygen atoms in total. The SMILES string of the molecule is CC12CCC(C)(CC1)c1cc(N(c3ccccc3)c3ccc4c(ccc5cc(N(c6ccccc6)c6ccc7c(c6)C6(C)CCC7(C)CC6)ccc54)c3)ccc12. The van der Waals surface area contributed by atoms with Gasteiger partial charge in [0.25, 0.3) is 0 Å². The van der Waals surface area contributed by atoms with Crippen LogP contribution in [0, 0.1) is 0 Å². The molecule has 0 atom stereocenters. The molecule has 0 N–H and O–H groups in total. The van der Waals surface area contributed by atoms with E-state index in [2.05, 4.69) is 183 Å². The van der Waals surface area contributed by atoms with Crippen molar-refractivity contribution in [3.8, 4) is 0 Å². The number of fused-ring (bicyclic) bond motifs is 7. The van der Waals surface area contributed by atoms with Gasteiger partial charge in [0, 0.05) is 34.1 Å². The lowest BCUT2D eigenvalue weighted by Gasteiger charge is -2.52. The largest absolute Gasteiger partial charge is 0.310 e. The number of rotatable bonds is 6. The van der Waals surface area contributed by atoms with Crippen LogP contribution in [0.15, 0.2) is 146 Å². The first-order valence-corrected chi connectivity index (χ1v) is 21.1. The third-order valence-electron chi connectivity index (χ3n) is 15.4. The Hall–Kier alpha value is -5.34. The molecule has 0 amide bonds. The quantitative estimate of drug-likeness (QED) is 0.157. The highest BCUT2D eigenvalue weighted by Crippen LogP contribution is 2.58. The van der Waals surface area contributed by atoms with Crippen molar-refractivity contribution in [2.45, 2.75) is 101 Å². The van der Waals surface area contributed by atoms with Crippen LogP contribution in [0.1, 0.15) is 101 Å². The van der Waals surface area contributed by atoms with Gasteiger partial charge in [-0.25, -0.2) is 0 Å². The van der Waals surface area contributed by atoms with Crippen molar-refractivity contribution in [1.29, 1.82) is 0 Å². The Bertz CT molecular complexity index is 2470. The molecule has 2 saturated carbocycles. The minimum Gasteiger partial charge on any atom is -0.310 e. The molecule has 56 heavy (non-hydrogen) atoms. The molecule has 7 aromatic rings. The third kappa shape index (κ3) is 5.07. The molecule has 6 aliphatic carbocycles. The summed E-state index contributed by atoms with van der Waals surface area (Å²) in [7, 11) is 0. The fourth-order valence-electron chi connectivity index (χ4n) is 11.6. The second-order valence-corrected chi connectivity index (χ2v) is 18.9. The summed E-state index contributed by atoms with van der Waals surface area (Å²) >= 11 is 0. The summed E-state index contributed by atoms with van der Waals surface area (Å²) in [6, 6.07) is 55.3. The van der Waals surface area contributed by atoms with E-state index in [0.29, 0.717) is 10.8 Å². The van der Waals surface area contributed by atoms with Crippen LogP contribution in [0.25, 0.3) is 21.5 Å². The first-order valence-electron chi connectivity index (χ1n) is 21.1. The van der Waals surface area contributed by atoms with Gasteiger partial charge in [-0.2, -0.15) is 0 Å². The normalized spacial score (nSPS) is 25.9. The molecule has 0 unspecified atom stereocenters. The van der Waals surface area contributed by atoms with Gasteiger partial charge >= 0.3 is 0 Å². The van der Waals surface area contributed by atoms with E-state index in [4.69, 9.17) is 0 Å². The second-order valence-electron chi connectivity index (χ2n) is 18.9. The highest BCUT2D eigenvalue weighted by Gasteiger charge is 2.49. The zero-order valence-corrected chi connectivity index (χ0v) is 33.4. The average Bonchev–Trinajstić information content (AvgIpc) is 3.23. The van der Waals surface area contributed by atoms with E-state index in [1.165, 1.54) is 107 Å². The molecular formula is C54H52N2. The predicted octanol–water partition coefficient (Wildman–Crippen LogP) is 15.1. The van der Waals surface area contributed by atoms with Crippen molar-refractivity contribution in [2.24, 2.45) is 0 Å². The molecule has 0 heterocycles. The molecule has 278 valence electrons. The van der Waals surface area contributed by atoms with E-state index in [9.17, 15) is 0 Å². The summed E-state index contributed by atoms with van der Waals surface area (Å²) in [6.45, 7) is 9.99. The molecule has 13 rings (SSSR count). The number of para-hydroxylation sites is 2. The Balaban J connectivity index is 1.00. The number of hydrogen-bond donors (Lipinski definition) is 0. The molecular weight excluding hydrogens is 677 g/mol. The molecule has 4 bridgehead atoms. The van der Waals surface area contributed by atoms with Crippen molar-refractivity contribution in [2.75, 3.05) is 9.80 Å². The Morgan fingerprint density at radius 3 is 1.00 bits per heavy atom. The van der Waals surface area contributed by atoms with Crippen LogP contribution in [0.4, 0.5) is 34.1 Å². The molecule has 0 aliphatic heterocycles. The molecule has 2 fully saturated rings. The van der Waals surface area contributed by atoms with Gasteiger partial charge in [-0.15, -0.1) is 0 Å². The number of benzene rings is 7. The standard InChI is InChI=1S/C54H52N2/c1-51-25-29-53(3,30-26-51)49-35-43(19-23-47(49)51)55(39-11-7-5-8-12-39)41-17-21-45-37(33-41)15-16-38-34-42(18-22-46(38)45)56(40-13-9-6-10-14-40)44-20-24-48-50(36-44)54(4)31-27-52(48,2)28-32-54/h5-24,33-36H,25-32H2,1-4H3. The molecule has 0 saturated heterocycles. The monoisotopic (exact) mass is 728 g/mol. The zero-order valence-electron chi connectivity index (χ0n) is 33.4. The third-order valence-corrected chi connectivity index (χ3v) is 15.4. The van der Waals surface area contributed by atoms with Crippen LogP contribution >= 0.6 is 0 Å². The van der Waals surface area contributed by atoms with Crippen molar-refractivity contribution >= 4 is 55.7 Å². The van der Waals surface area contributed by atoms with Crippen molar-refractivity contribution in [3.05, 3.63) is 168 Å². The van der Waals surface area contributed by atoms with Crippen LogP contribution in [0.2, 0.25) is 0 Å². The average molecular weight is 729 g/mol. The van der Waals surface area contributed by atoms with Crippen molar-refractivity contribution in [3.63, 3.8) is 0 Å². The Kier molecular flexibility index (Phi) is 7.32. The van der Waals surface area contributed by atoms with Gasteiger partial charge in [0.1, 0.15) is 0 Å². The Labute approximate surface area is 332 Å². The second kappa shape index (κ2) is 12.1. The van der Waals surface area contributed by atoms with Gasteiger partial charge in [-0.1, -0.05) is 100 Å². The smallest absolute Gasteiger partial charge is 0.0468 e. The molecule has 6 aliphatic rings. The summed E-state index contributed by atoms with van der Waals surface area (Å²) in [6.07, 6.45) is 10.3. The number of nitrogens with zero attached hydrogens (tertiary/aromatic N) is 2. The van der Waals surface area contributed by atoms with E-state index < -0.39 is 0 Å². The van der Waals surface area contributed by atoms with Gasteiger partial charge in [-0.3, -0.25) is 0 Å². The lowest BCUT2D eigenvalue weighted by atomic mass is 9.52. The van der Waals surface area contributed by atoms with Gasteiger partial charge in [-0.05, 0) is 190 Å². The van der Waals surface area contributed by atoms with Gasteiger partial charge in [0.05, 0.1) is 0 Å². The van der Waals surface area contributed by atoms with Crippen LogP contribution in [0.3, 0.4) is 0 Å². The molecule has 0 aromatic heterocycles. The highest BCUT2D eigenvalue weighted by molar-refractivity contribution is 6.09. The highest BCUT2D eigenvalue weighted by atomic mass is 15.1. The van der Waals surface area contributed by atoms with Crippen molar-refractivity contribution < 1.29 is 0 Å². The van der Waals surface area contributed by atoms with Gasteiger partial charge in [0.15, 0.2) is 0 Å². The van der Waals surface area contributed by atoms with Crippen LogP contribution < -0.4 is 9.80 Å². The molecule has 0 spiro atoms. The van der Waals surface area contributed by atoms with E-state index in [1.54, 1.807) is 22.3 Å². The fourth-order valence-corrected chi connectivity index (χ4v) is 11.6. The number of anilines is 6. The maximum Gasteiger partial charge on any atom is 0.0468 e. The van der Waals surface area contributed by atoms with E-state index >= 15 is 0 Å². The maximum atomic E-state index is 2.53. The van der Waals surface area contributed by atoms with E-state index in [0.717, 1.165) is 0 Å². The van der Waals surface area contributed by atoms with E-state index in [1.807, 2.05) is 0 Å². The number of hydrogen-bond acceptors (Lipinski definition) is 2. The summed E-state index contributed by atoms with van der Waals surface area (Å²) in [5, 5.41) is 5.08. The van der Waals surface area contributed by atoms with Gasteiger partial charge in [0.2, 0.25) is 0 Å². The Morgan fingerprint density at radius 1 is 0.304 bits per heavy atom. The lowest BCUT2D eigenvalue weighted by Crippen LogP contribution is -2.44. The van der Waals surface area contributed by atoms with Gasteiger partial charge < -0.3 is 9.80 Å². The van der Waals surface area contributed by atoms with E-state index in [-0.39, 0.29) is 10.8 Å². The summed E-state index contributed by atoms with van der Waals surface area (Å²) in [4.78, 5) is 4.92. The molecule has 2 heteroatoms. The topological polar surface area (TPSA) is 6.48 Å². The first kappa shape index (κ1) is 34.0. The summed E-state index contributed by atoms with van der Waals surface area (Å²) in [5.74, 6) is 0. The summed E-state index contributed by atoms with van der Waals surface area (Å²) < 4.78 is 0.